The van der Waals surface area contributed by atoms with Gasteiger partial charge in [-0.1, -0.05) is 159 Å². The lowest BCUT2D eigenvalue weighted by molar-refractivity contribution is 0.620. The number of furan rings is 1. The fourth-order valence-electron chi connectivity index (χ4n) is 8.53. The van der Waals surface area contributed by atoms with Crippen molar-refractivity contribution in [2.24, 2.45) is 0 Å². The van der Waals surface area contributed by atoms with Crippen LogP contribution in [-0.2, 0) is 5.41 Å². The molecule has 8 aromatic carbocycles. The van der Waals surface area contributed by atoms with Gasteiger partial charge in [-0.25, -0.2) is 0 Å². The molecule has 0 N–H and O–H groups in total. The summed E-state index contributed by atoms with van der Waals surface area (Å²) in [4.78, 5) is 0. The minimum Gasteiger partial charge on any atom is -0.456 e. The van der Waals surface area contributed by atoms with Gasteiger partial charge in [0, 0.05) is 21.8 Å². The van der Waals surface area contributed by atoms with Crippen molar-refractivity contribution in [3.63, 3.8) is 0 Å². The van der Waals surface area contributed by atoms with Gasteiger partial charge in [-0.15, -0.1) is 0 Å². The van der Waals surface area contributed by atoms with Crippen molar-refractivity contribution in [3.05, 3.63) is 169 Å². The second kappa shape index (κ2) is 10.0. The zero-order valence-corrected chi connectivity index (χ0v) is 26.9. The molecule has 226 valence electrons. The molecule has 1 nitrogen and oxygen atoms in total. The molecule has 0 spiro atoms. The van der Waals surface area contributed by atoms with Crippen molar-refractivity contribution in [3.8, 4) is 44.5 Å². The topological polar surface area (TPSA) is 13.1 Å². The van der Waals surface area contributed by atoms with Crippen molar-refractivity contribution in [2.75, 3.05) is 0 Å². The predicted molar refractivity (Wildman–Crippen MR) is 203 cm³/mol. The van der Waals surface area contributed by atoms with Crippen LogP contribution in [0.15, 0.2) is 162 Å². The number of para-hydroxylation sites is 1. The summed E-state index contributed by atoms with van der Waals surface area (Å²) in [6, 6.07) is 57.5. The third-order valence-electron chi connectivity index (χ3n) is 10.6. The van der Waals surface area contributed by atoms with Crippen LogP contribution in [0.4, 0.5) is 0 Å². The van der Waals surface area contributed by atoms with E-state index in [0.717, 1.165) is 16.6 Å². The van der Waals surface area contributed by atoms with Crippen LogP contribution in [0.3, 0.4) is 0 Å². The molecule has 0 saturated carbocycles. The van der Waals surface area contributed by atoms with E-state index in [2.05, 4.69) is 172 Å². The van der Waals surface area contributed by atoms with Gasteiger partial charge >= 0.3 is 0 Å². The minimum absolute atomic E-state index is 0.158. The van der Waals surface area contributed by atoms with Gasteiger partial charge in [-0.05, 0) is 83.7 Å². The molecular weight excluding hydrogens is 581 g/mol. The molecule has 0 saturated heterocycles. The Labute approximate surface area is 279 Å². The van der Waals surface area contributed by atoms with Crippen LogP contribution in [0.1, 0.15) is 25.0 Å². The van der Waals surface area contributed by atoms with Crippen molar-refractivity contribution in [1.29, 1.82) is 0 Å². The quantitative estimate of drug-likeness (QED) is 0.181. The highest BCUT2D eigenvalue weighted by Crippen LogP contribution is 2.55. The highest BCUT2D eigenvalue weighted by Gasteiger charge is 2.39. The van der Waals surface area contributed by atoms with E-state index >= 15 is 0 Å². The Morgan fingerprint density at radius 3 is 1.56 bits per heavy atom. The van der Waals surface area contributed by atoms with E-state index in [9.17, 15) is 0 Å². The van der Waals surface area contributed by atoms with E-state index in [1.54, 1.807) is 0 Å². The Morgan fingerprint density at radius 2 is 0.917 bits per heavy atom. The van der Waals surface area contributed by atoms with Crippen LogP contribution in [-0.4, -0.2) is 0 Å². The van der Waals surface area contributed by atoms with Gasteiger partial charge in [0.15, 0.2) is 0 Å². The fraction of sp³-hybridized carbons (Fsp3) is 0.0638. The molecule has 0 amide bonds. The molecule has 0 aliphatic heterocycles. The van der Waals surface area contributed by atoms with Crippen molar-refractivity contribution in [1.82, 2.24) is 0 Å². The van der Waals surface area contributed by atoms with Crippen LogP contribution >= 0.6 is 0 Å². The van der Waals surface area contributed by atoms with Crippen LogP contribution in [0, 0.1) is 0 Å². The smallest absolute Gasteiger partial charge is 0.140 e. The summed E-state index contributed by atoms with van der Waals surface area (Å²) in [6.07, 6.45) is 0. The largest absolute Gasteiger partial charge is 0.456 e. The molecular formula is C47H32O. The Morgan fingerprint density at radius 1 is 0.417 bits per heavy atom. The third-order valence-corrected chi connectivity index (χ3v) is 10.6. The summed E-state index contributed by atoms with van der Waals surface area (Å²) in [6.45, 7) is 4.66. The molecule has 0 radical (unpaired) electrons. The minimum atomic E-state index is -0.158. The molecule has 0 atom stereocenters. The number of rotatable bonds is 3. The highest BCUT2D eigenvalue weighted by atomic mass is 16.3. The molecule has 1 aliphatic rings. The molecule has 0 bridgehead atoms. The van der Waals surface area contributed by atoms with Gasteiger partial charge in [-0.3, -0.25) is 0 Å². The molecule has 0 fully saturated rings. The van der Waals surface area contributed by atoms with E-state index in [0.29, 0.717) is 0 Å². The van der Waals surface area contributed by atoms with Crippen LogP contribution in [0.5, 0.6) is 0 Å². The average Bonchev–Trinajstić information content (AvgIpc) is 3.63. The molecule has 1 aliphatic carbocycles. The molecule has 9 aromatic rings. The maximum Gasteiger partial charge on any atom is 0.140 e. The van der Waals surface area contributed by atoms with E-state index in [1.165, 1.54) is 82.6 Å². The van der Waals surface area contributed by atoms with Gasteiger partial charge in [0.1, 0.15) is 11.2 Å². The first-order chi connectivity index (χ1) is 23.6. The maximum atomic E-state index is 6.76. The lowest BCUT2D eigenvalue weighted by Gasteiger charge is -2.22. The monoisotopic (exact) mass is 612 g/mol. The number of hydrogen-bond acceptors (Lipinski definition) is 1. The van der Waals surface area contributed by atoms with Crippen LogP contribution in [0.2, 0.25) is 0 Å². The second-order valence-corrected chi connectivity index (χ2v) is 13.6. The first-order valence-electron chi connectivity index (χ1n) is 16.8. The lowest BCUT2D eigenvalue weighted by atomic mass is 9.81. The lowest BCUT2D eigenvalue weighted by Crippen LogP contribution is -2.15. The summed E-state index contributed by atoms with van der Waals surface area (Å²) >= 11 is 0. The molecule has 1 heteroatoms. The summed E-state index contributed by atoms with van der Waals surface area (Å²) < 4.78 is 6.76. The third kappa shape index (κ3) is 3.73. The first kappa shape index (κ1) is 27.2. The molecule has 10 rings (SSSR count). The standard InChI is InChI=1S/C47H32O/c1-47(2)40-22-12-10-16-32(40)39-28-38(44-37-21-11-13-23-41(37)48-46(44)45(39)47)29-24-26-31(27-25-29)43-35-19-8-6-17-33(35)42(30-14-4-3-5-15-30)34-18-7-9-20-36(34)43/h3-28H,1-2H3. The van der Waals surface area contributed by atoms with E-state index in [4.69, 9.17) is 4.42 Å². The molecule has 0 unspecified atom stereocenters. The van der Waals surface area contributed by atoms with Crippen LogP contribution in [0.25, 0.3) is 88.0 Å². The van der Waals surface area contributed by atoms with E-state index < -0.39 is 0 Å². The van der Waals surface area contributed by atoms with Gasteiger partial charge in [0.05, 0.1) is 0 Å². The van der Waals surface area contributed by atoms with Crippen molar-refractivity contribution >= 4 is 43.5 Å². The molecule has 1 heterocycles. The zero-order valence-electron chi connectivity index (χ0n) is 26.9. The average molecular weight is 613 g/mol. The zero-order chi connectivity index (χ0) is 32.0. The van der Waals surface area contributed by atoms with Gasteiger partial charge in [0.25, 0.3) is 0 Å². The van der Waals surface area contributed by atoms with E-state index in [-0.39, 0.29) is 5.41 Å². The maximum absolute atomic E-state index is 6.76. The second-order valence-electron chi connectivity index (χ2n) is 13.6. The summed E-state index contributed by atoms with van der Waals surface area (Å²) in [5, 5.41) is 7.43. The van der Waals surface area contributed by atoms with Crippen LogP contribution < -0.4 is 0 Å². The van der Waals surface area contributed by atoms with Crippen molar-refractivity contribution in [2.45, 2.75) is 19.3 Å². The molecule has 48 heavy (non-hydrogen) atoms. The van der Waals surface area contributed by atoms with Gasteiger partial charge < -0.3 is 4.42 Å². The number of hydrogen-bond donors (Lipinski definition) is 0. The van der Waals surface area contributed by atoms with Gasteiger partial charge in [-0.2, -0.15) is 0 Å². The van der Waals surface area contributed by atoms with Gasteiger partial charge in [0.2, 0.25) is 0 Å². The number of fused-ring (bicyclic) bond motifs is 9. The Hall–Kier alpha value is -5.92. The highest BCUT2D eigenvalue weighted by molar-refractivity contribution is 6.21. The number of benzene rings is 8. The Balaban J connectivity index is 1.22. The Kier molecular flexibility index (Phi) is 5.69. The Bertz CT molecular complexity index is 2670. The summed E-state index contributed by atoms with van der Waals surface area (Å²) in [5.74, 6) is 0. The van der Waals surface area contributed by atoms with Crippen molar-refractivity contribution < 1.29 is 4.42 Å². The predicted octanol–water partition coefficient (Wildman–Crippen LogP) is 13.2. The summed E-state index contributed by atoms with van der Waals surface area (Å²) in [5.41, 5.74) is 14.4. The van der Waals surface area contributed by atoms with E-state index in [1.807, 2.05) is 0 Å². The SMILES string of the molecule is CC1(C)c2ccccc2-c2cc(-c3ccc(-c4c5ccccc5c(-c5ccccc5)c5ccccc45)cc3)c3c(oc4ccccc43)c21. The fourth-order valence-corrected chi connectivity index (χ4v) is 8.53. The molecule has 1 aromatic heterocycles. The summed E-state index contributed by atoms with van der Waals surface area (Å²) in [7, 11) is 0. The first-order valence-corrected chi connectivity index (χ1v) is 16.8. The normalized spacial score (nSPS) is 13.4.